The smallest absolute Gasteiger partial charge is 0.254 e. The summed E-state index contributed by atoms with van der Waals surface area (Å²) < 4.78 is 0. The third-order valence-electron chi connectivity index (χ3n) is 4.74. The fraction of sp³-hybridized carbons (Fsp3) is 0.333. The zero-order valence-corrected chi connectivity index (χ0v) is 15.1. The molecule has 0 N–H and O–H groups in total. The third kappa shape index (κ3) is 2.84. The Morgan fingerprint density at radius 1 is 1.08 bits per heavy atom. The summed E-state index contributed by atoms with van der Waals surface area (Å²) in [6.45, 7) is 7.18. The van der Waals surface area contributed by atoms with Gasteiger partial charge in [0.1, 0.15) is 17.0 Å². The zero-order valence-electron chi connectivity index (χ0n) is 14.3. The van der Waals surface area contributed by atoms with E-state index in [1.807, 2.05) is 4.90 Å². The van der Waals surface area contributed by atoms with Gasteiger partial charge in [-0.2, -0.15) is 0 Å². The number of piperazine rings is 1. The maximum absolute atomic E-state index is 12.6. The highest BCUT2D eigenvalue weighted by Crippen LogP contribution is 2.34. The molecular weight excluding hydrogens is 334 g/mol. The van der Waals surface area contributed by atoms with Crippen molar-refractivity contribution in [3.05, 3.63) is 46.9 Å². The van der Waals surface area contributed by atoms with Crippen molar-refractivity contribution in [1.82, 2.24) is 19.9 Å². The number of carbonyl (C=O) groups is 1. The predicted molar refractivity (Wildman–Crippen MR) is 99.2 cm³/mol. The van der Waals surface area contributed by atoms with Gasteiger partial charge in [0.05, 0.1) is 5.39 Å². The quantitative estimate of drug-likeness (QED) is 0.709. The van der Waals surface area contributed by atoms with Crippen LogP contribution in [0.4, 0.5) is 5.82 Å². The highest BCUT2D eigenvalue weighted by molar-refractivity contribution is 7.18. The van der Waals surface area contributed by atoms with E-state index in [1.165, 1.54) is 10.4 Å². The van der Waals surface area contributed by atoms with Crippen LogP contribution in [0.1, 0.15) is 20.8 Å². The summed E-state index contributed by atoms with van der Waals surface area (Å²) in [5.74, 6) is 1.06. The van der Waals surface area contributed by atoms with E-state index in [9.17, 15) is 4.79 Å². The minimum Gasteiger partial charge on any atom is -0.352 e. The molecule has 6 nitrogen and oxygen atoms in total. The second-order valence-corrected chi connectivity index (χ2v) is 7.38. The van der Waals surface area contributed by atoms with Crippen molar-refractivity contribution < 1.29 is 4.79 Å². The highest BCUT2D eigenvalue weighted by Gasteiger charge is 2.25. The number of hydrogen-bond acceptors (Lipinski definition) is 6. The predicted octanol–water partition coefficient (Wildman–Crippen LogP) is 2.67. The number of pyridine rings is 1. The second kappa shape index (κ2) is 6.40. The first-order chi connectivity index (χ1) is 12.1. The number of amides is 1. The molecule has 1 fully saturated rings. The minimum absolute atomic E-state index is 0.0671. The molecule has 3 aromatic rings. The maximum atomic E-state index is 12.6. The van der Waals surface area contributed by atoms with Gasteiger partial charge in [0, 0.05) is 49.0 Å². The monoisotopic (exact) mass is 353 g/mol. The van der Waals surface area contributed by atoms with Crippen molar-refractivity contribution in [3.63, 3.8) is 0 Å². The van der Waals surface area contributed by atoms with Crippen LogP contribution >= 0.6 is 11.3 Å². The zero-order chi connectivity index (χ0) is 17.4. The lowest BCUT2D eigenvalue weighted by Crippen LogP contribution is -2.49. The van der Waals surface area contributed by atoms with Crippen LogP contribution in [0.25, 0.3) is 10.2 Å². The molecule has 0 radical (unpaired) electrons. The molecule has 1 amide bonds. The van der Waals surface area contributed by atoms with Gasteiger partial charge >= 0.3 is 0 Å². The van der Waals surface area contributed by atoms with Gasteiger partial charge in [-0.25, -0.2) is 9.97 Å². The standard InChI is InChI=1S/C18H19N5OS/c1-12-13(2)25-17-15(12)16(20-11-21-17)22-7-9-23(10-8-22)18(24)14-3-5-19-6-4-14/h3-6,11H,7-10H2,1-2H3. The molecule has 0 aliphatic carbocycles. The summed E-state index contributed by atoms with van der Waals surface area (Å²) >= 11 is 1.71. The van der Waals surface area contributed by atoms with Crippen LogP contribution in [0.3, 0.4) is 0 Å². The fourth-order valence-corrected chi connectivity index (χ4v) is 4.19. The molecule has 0 saturated carbocycles. The van der Waals surface area contributed by atoms with E-state index in [2.05, 4.69) is 33.7 Å². The first kappa shape index (κ1) is 16.0. The van der Waals surface area contributed by atoms with Crippen molar-refractivity contribution in [2.75, 3.05) is 31.1 Å². The third-order valence-corrected chi connectivity index (χ3v) is 5.85. The summed E-state index contributed by atoms with van der Waals surface area (Å²) in [5, 5.41) is 1.15. The Labute approximate surface area is 150 Å². The molecule has 7 heteroatoms. The van der Waals surface area contributed by atoms with Crippen LogP contribution in [0.5, 0.6) is 0 Å². The molecule has 3 aromatic heterocycles. The van der Waals surface area contributed by atoms with Crippen LogP contribution in [0.2, 0.25) is 0 Å². The number of aromatic nitrogens is 3. The lowest BCUT2D eigenvalue weighted by Gasteiger charge is -2.35. The van der Waals surface area contributed by atoms with Crippen molar-refractivity contribution in [2.24, 2.45) is 0 Å². The van der Waals surface area contributed by atoms with Gasteiger partial charge in [-0.3, -0.25) is 9.78 Å². The molecule has 25 heavy (non-hydrogen) atoms. The molecule has 128 valence electrons. The van der Waals surface area contributed by atoms with E-state index in [4.69, 9.17) is 0 Å². The number of thiophene rings is 1. The van der Waals surface area contributed by atoms with Gasteiger partial charge in [-0.15, -0.1) is 11.3 Å². The Morgan fingerprint density at radius 2 is 1.80 bits per heavy atom. The number of fused-ring (bicyclic) bond motifs is 1. The Hall–Kier alpha value is -2.54. The Kier molecular flexibility index (Phi) is 4.09. The van der Waals surface area contributed by atoms with Crippen LogP contribution < -0.4 is 4.90 Å². The molecule has 4 heterocycles. The van der Waals surface area contributed by atoms with Crippen LogP contribution in [0, 0.1) is 13.8 Å². The molecular formula is C18H19N5OS. The van der Waals surface area contributed by atoms with E-state index >= 15 is 0 Å². The normalized spacial score (nSPS) is 15.0. The van der Waals surface area contributed by atoms with Gasteiger partial charge in [-0.05, 0) is 31.5 Å². The molecule has 0 bridgehead atoms. The number of hydrogen-bond donors (Lipinski definition) is 0. The first-order valence-corrected chi connectivity index (χ1v) is 9.12. The van der Waals surface area contributed by atoms with Crippen LogP contribution in [-0.4, -0.2) is 51.9 Å². The van der Waals surface area contributed by atoms with Gasteiger partial charge in [0.15, 0.2) is 0 Å². The topological polar surface area (TPSA) is 62.2 Å². The summed E-state index contributed by atoms with van der Waals surface area (Å²) in [7, 11) is 0. The van der Waals surface area contributed by atoms with E-state index in [-0.39, 0.29) is 5.91 Å². The molecule has 1 aliphatic heterocycles. The number of carbonyl (C=O) groups excluding carboxylic acids is 1. The first-order valence-electron chi connectivity index (χ1n) is 8.30. The van der Waals surface area contributed by atoms with E-state index in [0.29, 0.717) is 18.7 Å². The summed E-state index contributed by atoms with van der Waals surface area (Å²) in [6, 6.07) is 3.53. The Morgan fingerprint density at radius 3 is 2.52 bits per heavy atom. The highest BCUT2D eigenvalue weighted by atomic mass is 32.1. The average molecular weight is 353 g/mol. The fourth-order valence-electron chi connectivity index (χ4n) is 3.20. The van der Waals surface area contributed by atoms with E-state index in [1.54, 1.807) is 42.2 Å². The van der Waals surface area contributed by atoms with Crippen molar-refractivity contribution in [3.8, 4) is 0 Å². The van der Waals surface area contributed by atoms with Crippen molar-refractivity contribution >= 4 is 33.3 Å². The lowest BCUT2D eigenvalue weighted by molar-refractivity contribution is 0.0746. The molecule has 0 atom stereocenters. The summed E-state index contributed by atoms with van der Waals surface area (Å²) in [4.78, 5) is 32.0. The molecule has 1 aliphatic rings. The lowest BCUT2D eigenvalue weighted by atomic mass is 10.2. The van der Waals surface area contributed by atoms with E-state index < -0.39 is 0 Å². The minimum atomic E-state index is 0.0671. The molecule has 0 aromatic carbocycles. The van der Waals surface area contributed by atoms with Gasteiger partial charge in [0.25, 0.3) is 5.91 Å². The van der Waals surface area contributed by atoms with Crippen LogP contribution in [0.15, 0.2) is 30.9 Å². The summed E-state index contributed by atoms with van der Waals surface area (Å²) in [6.07, 6.45) is 4.95. The van der Waals surface area contributed by atoms with E-state index in [0.717, 1.165) is 29.1 Å². The molecule has 0 spiro atoms. The number of aryl methyl sites for hydroxylation is 2. The van der Waals surface area contributed by atoms with Gasteiger partial charge in [0.2, 0.25) is 0 Å². The number of anilines is 1. The van der Waals surface area contributed by atoms with Gasteiger partial charge in [-0.1, -0.05) is 0 Å². The van der Waals surface area contributed by atoms with Crippen molar-refractivity contribution in [2.45, 2.75) is 13.8 Å². The van der Waals surface area contributed by atoms with Crippen molar-refractivity contribution in [1.29, 1.82) is 0 Å². The largest absolute Gasteiger partial charge is 0.352 e. The Bertz CT molecular complexity index is 916. The average Bonchev–Trinajstić information content (AvgIpc) is 2.96. The van der Waals surface area contributed by atoms with Gasteiger partial charge < -0.3 is 9.80 Å². The second-order valence-electron chi connectivity index (χ2n) is 6.18. The Balaban J connectivity index is 1.54. The van der Waals surface area contributed by atoms with Crippen LogP contribution in [-0.2, 0) is 0 Å². The maximum Gasteiger partial charge on any atom is 0.254 e. The summed E-state index contributed by atoms with van der Waals surface area (Å²) in [5.41, 5.74) is 1.95. The SMILES string of the molecule is Cc1sc2ncnc(N3CCN(C(=O)c4ccncc4)CC3)c2c1C. The number of nitrogens with zero attached hydrogens (tertiary/aromatic N) is 5. The molecule has 1 saturated heterocycles. The molecule has 4 rings (SSSR count). The number of rotatable bonds is 2. The molecule has 0 unspecified atom stereocenters.